The first-order valence-electron chi connectivity index (χ1n) is 5.08. The number of rotatable bonds is 0. The molecule has 0 aromatic carbocycles. The normalized spacial score (nSPS) is 16.5. The average molecular weight is 212 g/mol. The molecule has 3 nitrogen and oxygen atoms in total. The zero-order chi connectivity index (χ0) is 11.3. The molecule has 1 aliphatic heterocycles. The molecule has 1 saturated heterocycles. The monoisotopic (exact) mass is 212 g/mol. The third kappa shape index (κ3) is 14.7. The molecule has 1 fully saturated rings. The molecule has 1 heterocycles. The van der Waals surface area contributed by atoms with Gasteiger partial charge in [-0.05, 0) is 6.42 Å². The minimum absolute atomic E-state index is 0.201. The van der Waals surface area contributed by atoms with Crippen LogP contribution in [-0.4, -0.2) is 20.8 Å². The topological polar surface area (TPSA) is 43.4 Å². The molecule has 0 radical (unpaired) electrons. The smallest absolute Gasteiger partial charge is 0.267 e. The zero-order valence-corrected chi connectivity index (χ0v) is 10.6. The maximum absolute atomic E-state index is 10.2. The van der Waals surface area contributed by atoms with Crippen molar-refractivity contribution in [3.05, 3.63) is 0 Å². The van der Waals surface area contributed by atoms with Crippen molar-refractivity contribution in [2.45, 2.75) is 48.0 Å². The molecule has 0 saturated carbocycles. The van der Waals surface area contributed by atoms with Crippen LogP contribution in [0.15, 0.2) is 0 Å². The maximum Gasteiger partial charge on any atom is 0.267 e. The van der Waals surface area contributed by atoms with E-state index in [2.05, 4.69) is 4.18 Å². The Morgan fingerprint density at radius 2 is 1.31 bits per heavy atom. The molecule has 0 aliphatic carbocycles. The second-order valence-corrected chi connectivity index (χ2v) is 3.20. The summed E-state index contributed by atoms with van der Waals surface area (Å²) in [6, 6.07) is 0. The molecule has 0 N–H and O–H groups in total. The van der Waals surface area contributed by atoms with Crippen molar-refractivity contribution in [1.29, 1.82) is 0 Å². The lowest BCUT2D eigenvalue weighted by Crippen LogP contribution is -1.96. The third-order valence-electron chi connectivity index (χ3n) is 0.802. The Balaban J connectivity index is -0.000000144. The standard InChI is InChI=1S/C3H6O3S.3C2H6/c4-7(5)3-1-2-6-7;3*1-2/h1-3H2;3*1-2H3. The highest BCUT2D eigenvalue weighted by molar-refractivity contribution is 7.86. The van der Waals surface area contributed by atoms with E-state index in [9.17, 15) is 8.42 Å². The summed E-state index contributed by atoms with van der Waals surface area (Å²) < 4.78 is 24.7. The van der Waals surface area contributed by atoms with E-state index < -0.39 is 10.1 Å². The largest absolute Gasteiger partial charge is 0.270 e. The van der Waals surface area contributed by atoms with E-state index in [1.165, 1.54) is 0 Å². The molecule has 13 heavy (non-hydrogen) atoms. The van der Waals surface area contributed by atoms with Gasteiger partial charge in [0.05, 0.1) is 12.4 Å². The van der Waals surface area contributed by atoms with Gasteiger partial charge in [0.1, 0.15) is 0 Å². The fraction of sp³-hybridized carbons (Fsp3) is 1.00. The van der Waals surface area contributed by atoms with E-state index >= 15 is 0 Å². The van der Waals surface area contributed by atoms with Gasteiger partial charge in [0, 0.05) is 0 Å². The highest BCUT2D eigenvalue weighted by Gasteiger charge is 2.16. The van der Waals surface area contributed by atoms with Gasteiger partial charge in [0.15, 0.2) is 0 Å². The van der Waals surface area contributed by atoms with Gasteiger partial charge in [-0.25, -0.2) is 0 Å². The Morgan fingerprint density at radius 3 is 1.38 bits per heavy atom. The van der Waals surface area contributed by atoms with Crippen LogP contribution in [0.1, 0.15) is 48.0 Å². The second-order valence-electron chi connectivity index (χ2n) is 1.44. The van der Waals surface area contributed by atoms with Gasteiger partial charge in [-0.15, -0.1) is 0 Å². The lowest BCUT2D eigenvalue weighted by molar-refractivity contribution is 0.354. The molecule has 1 rings (SSSR count). The van der Waals surface area contributed by atoms with E-state index in [0.717, 1.165) is 0 Å². The molecule has 0 spiro atoms. The van der Waals surface area contributed by atoms with Crippen molar-refractivity contribution < 1.29 is 12.6 Å². The lowest BCUT2D eigenvalue weighted by atomic mass is 10.5. The fourth-order valence-electron chi connectivity index (χ4n) is 0.481. The van der Waals surface area contributed by atoms with E-state index in [4.69, 9.17) is 0 Å². The maximum atomic E-state index is 10.2. The minimum Gasteiger partial charge on any atom is -0.270 e. The molecule has 4 heteroatoms. The van der Waals surface area contributed by atoms with Gasteiger partial charge < -0.3 is 0 Å². The first-order valence-corrected chi connectivity index (χ1v) is 6.65. The molecule has 0 aromatic rings. The summed E-state index contributed by atoms with van der Waals surface area (Å²) in [7, 11) is -3.05. The average Bonchev–Trinajstić information content (AvgIpc) is 2.60. The van der Waals surface area contributed by atoms with Gasteiger partial charge in [-0.1, -0.05) is 41.5 Å². The van der Waals surface area contributed by atoms with Gasteiger partial charge >= 0.3 is 0 Å². The molecular formula is C9H24O3S. The predicted molar refractivity (Wildman–Crippen MR) is 58.4 cm³/mol. The quantitative estimate of drug-likeness (QED) is 0.580. The first kappa shape index (κ1) is 18.6. The van der Waals surface area contributed by atoms with Gasteiger partial charge in [-0.2, -0.15) is 8.42 Å². The Kier molecular flexibility index (Phi) is 20.7. The predicted octanol–water partition coefficient (Wildman–Crippen LogP) is 2.82. The molecule has 84 valence electrons. The van der Waals surface area contributed by atoms with Crippen LogP contribution in [0.25, 0.3) is 0 Å². The van der Waals surface area contributed by atoms with Crippen molar-refractivity contribution >= 4 is 10.1 Å². The third-order valence-corrected chi connectivity index (χ3v) is 2.12. The summed E-state index contributed by atoms with van der Waals surface area (Å²) in [6.07, 6.45) is 0.655. The van der Waals surface area contributed by atoms with Gasteiger partial charge in [0.25, 0.3) is 10.1 Å². The van der Waals surface area contributed by atoms with Crippen molar-refractivity contribution in [2.75, 3.05) is 12.4 Å². The highest BCUT2D eigenvalue weighted by Crippen LogP contribution is 2.04. The van der Waals surface area contributed by atoms with E-state index in [1.807, 2.05) is 41.5 Å². The van der Waals surface area contributed by atoms with Crippen molar-refractivity contribution in [3.8, 4) is 0 Å². The number of hydrogen-bond donors (Lipinski definition) is 0. The Labute approximate surface area is 83.6 Å². The van der Waals surface area contributed by atoms with E-state index in [1.54, 1.807) is 0 Å². The van der Waals surface area contributed by atoms with Crippen LogP contribution >= 0.6 is 0 Å². The Morgan fingerprint density at radius 1 is 0.923 bits per heavy atom. The van der Waals surface area contributed by atoms with Crippen molar-refractivity contribution in [1.82, 2.24) is 0 Å². The second kappa shape index (κ2) is 14.4. The summed E-state index contributed by atoms with van der Waals surface area (Å²) in [5.41, 5.74) is 0. The summed E-state index contributed by atoms with van der Waals surface area (Å²) in [5.74, 6) is 0.201. The molecule has 0 amide bonds. The molecule has 0 atom stereocenters. The van der Waals surface area contributed by atoms with Crippen LogP contribution in [0.3, 0.4) is 0 Å². The molecule has 0 unspecified atom stereocenters. The van der Waals surface area contributed by atoms with Crippen LogP contribution in [0.2, 0.25) is 0 Å². The van der Waals surface area contributed by atoms with E-state index in [0.29, 0.717) is 13.0 Å². The lowest BCUT2D eigenvalue weighted by Gasteiger charge is -1.83. The van der Waals surface area contributed by atoms with Crippen LogP contribution in [0.5, 0.6) is 0 Å². The van der Waals surface area contributed by atoms with Gasteiger partial charge in [-0.3, -0.25) is 4.18 Å². The summed E-state index contributed by atoms with van der Waals surface area (Å²) in [5, 5.41) is 0. The van der Waals surface area contributed by atoms with Crippen molar-refractivity contribution in [2.24, 2.45) is 0 Å². The van der Waals surface area contributed by atoms with Crippen LogP contribution in [0.4, 0.5) is 0 Å². The Hall–Kier alpha value is -0.0900. The highest BCUT2D eigenvalue weighted by atomic mass is 32.2. The fourth-order valence-corrected chi connectivity index (χ4v) is 1.44. The van der Waals surface area contributed by atoms with Crippen molar-refractivity contribution in [3.63, 3.8) is 0 Å². The summed E-state index contributed by atoms with van der Waals surface area (Å²) >= 11 is 0. The Bertz CT molecular complexity index is 138. The van der Waals surface area contributed by atoms with Gasteiger partial charge in [0.2, 0.25) is 0 Å². The van der Waals surface area contributed by atoms with Crippen LogP contribution in [-0.2, 0) is 14.3 Å². The van der Waals surface area contributed by atoms with Crippen LogP contribution < -0.4 is 0 Å². The molecule has 0 aromatic heterocycles. The minimum atomic E-state index is -3.05. The molecule has 0 bridgehead atoms. The zero-order valence-electron chi connectivity index (χ0n) is 9.75. The first-order chi connectivity index (χ1) is 6.21. The molecular weight excluding hydrogens is 188 g/mol. The SMILES string of the molecule is CC.CC.CC.O=S1(=O)CCCO1. The summed E-state index contributed by atoms with van der Waals surface area (Å²) in [4.78, 5) is 0. The summed E-state index contributed by atoms with van der Waals surface area (Å²) in [6.45, 7) is 12.4. The van der Waals surface area contributed by atoms with E-state index in [-0.39, 0.29) is 5.75 Å². The molecule has 1 aliphatic rings. The number of hydrogen-bond acceptors (Lipinski definition) is 3. The van der Waals surface area contributed by atoms with Crippen LogP contribution in [0, 0.1) is 0 Å².